The second kappa shape index (κ2) is 6.96. The van der Waals surface area contributed by atoms with E-state index in [1.54, 1.807) is 17.1 Å². The van der Waals surface area contributed by atoms with Crippen molar-refractivity contribution in [2.45, 2.75) is 64.0 Å². The highest BCUT2D eigenvalue weighted by Crippen LogP contribution is 2.30. The van der Waals surface area contributed by atoms with Crippen LogP contribution in [0.2, 0.25) is 0 Å². The van der Waals surface area contributed by atoms with Gasteiger partial charge in [0.25, 0.3) is 5.56 Å². The molecule has 1 saturated carbocycles. The molecule has 0 bridgehead atoms. The quantitative estimate of drug-likeness (QED) is 0.756. The maximum Gasteiger partial charge on any atom is 0.267 e. The van der Waals surface area contributed by atoms with E-state index in [1.165, 1.54) is 0 Å². The van der Waals surface area contributed by atoms with Gasteiger partial charge in [-0.25, -0.2) is 14.6 Å². The van der Waals surface area contributed by atoms with Gasteiger partial charge in [-0.05, 0) is 63.5 Å². The number of aryl methyl sites for hydroxylation is 3. The summed E-state index contributed by atoms with van der Waals surface area (Å²) in [4.78, 5) is 25.7. The molecule has 3 aromatic heterocycles. The molecule has 1 N–H and O–H groups in total. The average Bonchev–Trinajstić information content (AvgIpc) is 3.15. The van der Waals surface area contributed by atoms with Gasteiger partial charge in [-0.2, -0.15) is 5.10 Å². The van der Waals surface area contributed by atoms with Crippen LogP contribution in [0.5, 0.6) is 0 Å². The second-order valence-electron chi connectivity index (χ2n) is 7.91. The van der Waals surface area contributed by atoms with E-state index in [9.17, 15) is 4.79 Å². The number of pyridine rings is 1. The van der Waals surface area contributed by atoms with E-state index in [0.29, 0.717) is 6.04 Å². The monoisotopic (exact) mass is 376 g/mol. The fourth-order valence-corrected chi connectivity index (χ4v) is 4.54. The molecular weight excluding hydrogens is 352 g/mol. The van der Waals surface area contributed by atoms with E-state index in [4.69, 9.17) is 5.10 Å². The Kier molecular flexibility index (Phi) is 4.30. The molecule has 0 saturated heterocycles. The third-order valence-corrected chi connectivity index (χ3v) is 5.98. The summed E-state index contributed by atoms with van der Waals surface area (Å²) < 4.78 is 1.75. The Morgan fingerprint density at radius 2 is 2.00 bits per heavy atom. The summed E-state index contributed by atoms with van der Waals surface area (Å²) in [5.41, 5.74) is 3.19. The largest absolute Gasteiger partial charge is 0.367 e. The van der Waals surface area contributed by atoms with Crippen LogP contribution in [0, 0.1) is 6.92 Å². The Morgan fingerprint density at radius 3 is 2.86 bits per heavy atom. The minimum atomic E-state index is 0.0574. The number of nitrogens with zero attached hydrogens (tertiary/aromatic N) is 5. The summed E-state index contributed by atoms with van der Waals surface area (Å²) in [7, 11) is 0. The van der Waals surface area contributed by atoms with Gasteiger partial charge in [-0.1, -0.05) is 0 Å². The van der Waals surface area contributed by atoms with Gasteiger partial charge >= 0.3 is 0 Å². The molecule has 7 heteroatoms. The zero-order valence-corrected chi connectivity index (χ0v) is 16.1. The molecule has 2 aliphatic carbocycles. The van der Waals surface area contributed by atoms with Crippen LogP contribution < -0.4 is 10.9 Å². The van der Waals surface area contributed by atoms with Crippen LogP contribution in [-0.4, -0.2) is 30.8 Å². The van der Waals surface area contributed by atoms with Crippen molar-refractivity contribution >= 4 is 16.7 Å². The molecule has 144 valence electrons. The van der Waals surface area contributed by atoms with Crippen LogP contribution in [0.25, 0.3) is 10.9 Å². The number of hydrogen-bond acceptors (Lipinski definition) is 6. The summed E-state index contributed by atoms with van der Waals surface area (Å²) in [6, 6.07) is 4.30. The van der Waals surface area contributed by atoms with E-state index in [0.717, 1.165) is 78.7 Å². The van der Waals surface area contributed by atoms with Crippen molar-refractivity contribution in [1.29, 1.82) is 0 Å². The van der Waals surface area contributed by atoms with Gasteiger partial charge in [0.2, 0.25) is 0 Å². The van der Waals surface area contributed by atoms with Gasteiger partial charge in [0.15, 0.2) is 0 Å². The van der Waals surface area contributed by atoms with Gasteiger partial charge < -0.3 is 5.32 Å². The Hall–Kier alpha value is -2.83. The lowest BCUT2D eigenvalue weighted by Crippen LogP contribution is -2.34. The van der Waals surface area contributed by atoms with E-state index >= 15 is 0 Å². The average molecular weight is 376 g/mol. The molecule has 0 aromatic carbocycles. The molecule has 0 unspecified atom stereocenters. The molecule has 28 heavy (non-hydrogen) atoms. The SMILES string of the molecule is Cc1nc(NC2CCC(n3nc4c(cc3=O)CCC4)CC2)c2ccncc2n1. The normalized spacial score (nSPS) is 21.6. The van der Waals surface area contributed by atoms with Gasteiger partial charge in [0.05, 0.1) is 23.4 Å². The smallest absolute Gasteiger partial charge is 0.267 e. The first kappa shape index (κ1) is 17.3. The maximum absolute atomic E-state index is 12.5. The number of anilines is 1. The van der Waals surface area contributed by atoms with Crippen molar-refractivity contribution in [2.75, 3.05) is 5.32 Å². The van der Waals surface area contributed by atoms with Crippen molar-refractivity contribution in [3.05, 3.63) is 52.0 Å². The summed E-state index contributed by atoms with van der Waals surface area (Å²) in [5, 5.41) is 9.30. The zero-order chi connectivity index (χ0) is 19.1. The first-order valence-electron chi connectivity index (χ1n) is 10.1. The van der Waals surface area contributed by atoms with Crippen molar-refractivity contribution < 1.29 is 0 Å². The molecule has 3 heterocycles. The van der Waals surface area contributed by atoms with Gasteiger partial charge in [-0.3, -0.25) is 9.78 Å². The molecule has 0 amide bonds. The van der Waals surface area contributed by atoms with Crippen molar-refractivity contribution in [2.24, 2.45) is 0 Å². The molecular formula is C21H24N6O. The van der Waals surface area contributed by atoms with Crippen LogP contribution in [0.3, 0.4) is 0 Å². The van der Waals surface area contributed by atoms with E-state index < -0.39 is 0 Å². The third-order valence-electron chi connectivity index (χ3n) is 5.98. The number of hydrogen-bond donors (Lipinski definition) is 1. The highest BCUT2D eigenvalue weighted by molar-refractivity contribution is 5.88. The number of nitrogens with one attached hydrogen (secondary N) is 1. The first-order valence-corrected chi connectivity index (χ1v) is 10.1. The van der Waals surface area contributed by atoms with Gasteiger partial charge in [0.1, 0.15) is 11.6 Å². The van der Waals surface area contributed by atoms with Crippen molar-refractivity contribution in [3.63, 3.8) is 0 Å². The Bertz CT molecular complexity index is 1080. The maximum atomic E-state index is 12.5. The van der Waals surface area contributed by atoms with Crippen molar-refractivity contribution in [3.8, 4) is 0 Å². The molecule has 7 nitrogen and oxygen atoms in total. The van der Waals surface area contributed by atoms with Gasteiger partial charge in [0, 0.05) is 23.7 Å². The standard InChI is InChI=1S/C21H24N6O/c1-13-23-19-12-22-10-9-17(19)21(24-13)25-15-5-7-16(8-6-15)27-20(28)11-14-3-2-4-18(14)26-27/h9-12,15-16H,2-8H2,1H3,(H,23,24,25). The van der Waals surface area contributed by atoms with Crippen LogP contribution in [0.15, 0.2) is 29.3 Å². The van der Waals surface area contributed by atoms with Crippen LogP contribution in [0.4, 0.5) is 5.82 Å². The highest BCUT2D eigenvalue weighted by atomic mass is 16.1. The molecule has 2 aliphatic rings. The second-order valence-corrected chi connectivity index (χ2v) is 7.91. The predicted octanol–water partition coefficient (Wildman–Crippen LogP) is 2.97. The Morgan fingerprint density at radius 1 is 1.14 bits per heavy atom. The van der Waals surface area contributed by atoms with E-state index in [2.05, 4.69) is 20.3 Å². The molecule has 0 spiro atoms. The zero-order valence-electron chi connectivity index (χ0n) is 16.1. The molecule has 3 aromatic rings. The molecule has 5 rings (SSSR count). The summed E-state index contributed by atoms with van der Waals surface area (Å²) in [6.45, 7) is 1.90. The topological polar surface area (TPSA) is 85.6 Å². The van der Waals surface area contributed by atoms with Crippen LogP contribution in [-0.2, 0) is 12.8 Å². The fourth-order valence-electron chi connectivity index (χ4n) is 4.54. The minimum Gasteiger partial charge on any atom is -0.367 e. The summed E-state index contributed by atoms with van der Waals surface area (Å²) in [6.07, 6.45) is 10.5. The first-order chi connectivity index (χ1) is 13.7. The number of fused-ring (bicyclic) bond motifs is 2. The summed E-state index contributed by atoms with van der Waals surface area (Å²) >= 11 is 0. The van der Waals surface area contributed by atoms with E-state index in [-0.39, 0.29) is 11.6 Å². The number of aromatic nitrogens is 5. The Labute approximate surface area is 163 Å². The van der Waals surface area contributed by atoms with E-state index in [1.807, 2.05) is 19.1 Å². The molecule has 1 fully saturated rings. The third kappa shape index (κ3) is 3.15. The minimum absolute atomic E-state index is 0.0574. The lowest BCUT2D eigenvalue weighted by Gasteiger charge is -2.30. The lowest BCUT2D eigenvalue weighted by atomic mass is 9.91. The Balaban J connectivity index is 1.32. The highest BCUT2D eigenvalue weighted by Gasteiger charge is 2.26. The van der Waals surface area contributed by atoms with Gasteiger partial charge in [-0.15, -0.1) is 0 Å². The van der Waals surface area contributed by atoms with Crippen LogP contribution in [0.1, 0.15) is 55.2 Å². The van der Waals surface area contributed by atoms with Crippen molar-refractivity contribution in [1.82, 2.24) is 24.7 Å². The summed E-state index contributed by atoms with van der Waals surface area (Å²) in [5.74, 6) is 1.62. The fraction of sp³-hybridized carbons (Fsp3) is 0.476. The lowest BCUT2D eigenvalue weighted by molar-refractivity contribution is 0.302. The number of rotatable bonds is 3. The molecule has 0 atom stereocenters. The molecule has 0 aliphatic heterocycles. The predicted molar refractivity (Wildman–Crippen MR) is 108 cm³/mol. The van der Waals surface area contributed by atoms with Crippen LogP contribution >= 0.6 is 0 Å². The molecule has 0 radical (unpaired) electrons.